The van der Waals surface area contributed by atoms with Gasteiger partial charge in [-0.3, -0.25) is 0 Å². The van der Waals surface area contributed by atoms with Gasteiger partial charge in [-0.2, -0.15) is 0 Å². The number of allylic oxidation sites excluding steroid dienone is 1. The molecule has 0 aliphatic heterocycles. The molecule has 0 atom stereocenters. The second-order valence-corrected chi connectivity index (χ2v) is 4.76. The summed E-state index contributed by atoms with van der Waals surface area (Å²) >= 11 is 0. The quantitative estimate of drug-likeness (QED) is 0.667. The Bertz CT molecular complexity index is 576. The van der Waals surface area contributed by atoms with Crippen LogP contribution in [0.2, 0.25) is 0 Å². The molecular formula is C14H23N3O3. The standard InChI is InChI=1S/C14H23N3O3/c1-4-7-10-16-12(18)15(9-6-3)13(19)17(14(16)20)11-8-5-2/h6H,3-5,7-11H2,1-2H3. The Morgan fingerprint density at radius 3 is 1.60 bits per heavy atom. The first-order valence-corrected chi connectivity index (χ1v) is 7.13. The van der Waals surface area contributed by atoms with Crippen molar-refractivity contribution in [2.45, 2.75) is 59.2 Å². The molecule has 0 amide bonds. The van der Waals surface area contributed by atoms with Crippen LogP contribution < -0.4 is 17.1 Å². The molecule has 0 aliphatic carbocycles. The van der Waals surface area contributed by atoms with Crippen LogP contribution in [-0.2, 0) is 19.6 Å². The second kappa shape index (κ2) is 7.67. The summed E-state index contributed by atoms with van der Waals surface area (Å²) < 4.78 is 3.38. The lowest BCUT2D eigenvalue weighted by molar-refractivity contribution is 0.443. The van der Waals surface area contributed by atoms with Gasteiger partial charge in [-0.25, -0.2) is 28.1 Å². The van der Waals surface area contributed by atoms with Crippen LogP contribution >= 0.6 is 0 Å². The second-order valence-electron chi connectivity index (χ2n) is 4.76. The minimum atomic E-state index is -0.541. The van der Waals surface area contributed by atoms with E-state index in [0.29, 0.717) is 13.1 Å². The van der Waals surface area contributed by atoms with Crippen molar-refractivity contribution in [1.82, 2.24) is 13.7 Å². The average molecular weight is 281 g/mol. The van der Waals surface area contributed by atoms with Gasteiger partial charge >= 0.3 is 17.1 Å². The van der Waals surface area contributed by atoms with E-state index in [9.17, 15) is 14.4 Å². The van der Waals surface area contributed by atoms with Crippen molar-refractivity contribution >= 4 is 0 Å². The van der Waals surface area contributed by atoms with Gasteiger partial charge in [-0.1, -0.05) is 32.8 Å². The van der Waals surface area contributed by atoms with Crippen molar-refractivity contribution in [3.8, 4) is 0 Å². The van der Waals surface area contributed by atoms with E-state index in [1.807, 2.05) is 13.8 Å². The van der Waals surface area contributed by atoms with Crippen molar-refractivity contribution in [2.24, 2.45) is 0 Å². The van der Waals surface area contributed by atoms with Crippen LogP contribution in [0.15, 0.2) is 27.0 Å². The molecule has 0 aliphatic rings. The molecule has 0 fully saturated rings. The molecule has 0 bridgehead atoms. The fraction of sp³-hybridized carbons (Fsp3) is 0.643. The lowest BCUT2D eigenvalue weighted by Crippen LogP contribution is -2.54. The molecule has 0 spiro atoms. The maximum Gasteiger partial charge on any atom is 0.336 e. The van der Waals surface area contributed by atoms with Crippen LogP contribution in [0.5, 0.6) is 0 Å². The minimum absolute atomic E-state index is 0.121. The first kappa shape index (κ1) is 16.2. The van der Waals surface area contributed by atoms with E-state index < -0.39 is 17.1 Å². The molecule has 0 saturated heterocycles. The molecule has 1 aromatic rings. The van der Waals surface area contributed by atoms with Gasteiger partial charge < -0.3 is 0 Å². The lowest BCUT2D eigenvalue weighted by Gasteiger charge is -2.12. The van der Waals surface area contributed by atoms with Crippen LogP contribution in [0, 0.1) is 0 Å². The lowest BCUT2D eigenvalue weighted by atomic mass is 10.3. The number of unbranched alkanes of at least 4 members (excludes halogenated alkanes) is 2. The van der Waals surface area contributed by atoms with E-state index in [4.69, 9.17) is 0 Å². The highest BCUT2D eigenvalue weighted by molar-refractivity contribution is 4.82. The van der Waals surface area contributed by atoms with Gasteiger partial charge in [-0.05, 0) is 12.8 Å². The summed E-state index contributed by atoms with van der Waals surface area (Å²) in [5.41, 5.74) is -1.58. The van der Waals surface area contributed by atoms with Crippen molar-refractivity contribution in [1.29, 1.82) is 0 Å². The molecule has 0 unspecified atom stereocenters. The van der Waals surface area contributed by atoms with Crippen LogP contribution in [-0.4, -0.2) is 13.7 Å². The summed E-state index contributed by atoms with van der Waals surface area (Å²) in [6.07, 6.45) is 4.70. The zero-order chi connectivity index (χ0) is 15.1. The summed E-state index contributed by atoms with van der Waals surface area (Å²) in [5.74, 6) is 0. The highest BCUT2D eigenvalue weighted by Crippen LogP contribution is 1.90. The van der Waals surface area contributed by atoms with Gasteiger partial charge in [0.15, 0.2) is 0 Å². The first-order valence-electron chi connectivity index (χ1n) is 7.13. The summed E-state index contributed by atoms with van der Waals surface area (Å²) in [5, 5.41) is 0. The van der Waals surface area contributed by atoms with Crippen LogP contribution in [0.25, 0.3) is 0 Å². The minimum Gasteiger partial charge on any atom is -0.247 e. The zero-order valence-corrected chi connectivity index (χ0v) is 12.3. The monoisotopic (exact) mass is 281 g/mol. The number of hydrogen-bond donors (Lipinski definition) is 0. The zero-order valence-electron chi connectivity index (χ0n) is 12.3. The Morgan fingerprint density at radius 2 is 1.25 bits per heavy atom. The highest BCUT2D eigenvalue weighted by Gasteiger charge is 2.13. The number of aromatic nitrogens is 3. The molecule has 6 heteroatoms. The summed E-state index contributed by atoms with van der Waals surface area (Å²) in [6, 6.07) is 0. The third kappa shape index (κ3) is 3.37. The predicted molar refractivity (Wildman–Crippen MR) is 79.2 cm³/mol. The van der Waals surface area contributed by atoms with Gasteiger partial charge in [-0.15, -0.1) is 6.58 Å². The molecule has 0 radical (unpaired) electrons. The highest BCUT2D eigenvalue weighted by atomic mass is 16.2. The Kier molecular flexibility index (Phi) is 6.21. The largest absolute Gasteiger partial charge is 0.336 e. The van der Waals surface area contributed by atoms with Gasteiger partial charge in [0.25, 0.3) is 0 Å². The van der Waals surface area contributed by atoms with E-state index in [2.05, 4.69) is 6.58 Å². The average Bonchev–Trinajstić information content (AvgIpc) is 2.43. The normalized spacial score (nSPS) is 10.7. The van der Waals surface area contributed by atoms with E-state index in [-0.39, 0.29) is 6.54 Å². The SMILES string of the molecule is C=CCn1c(=O)n(CCCC)c(=O)n(CCCC)c1=O. The molecule has 0 saturated carbocycles. The molecular weight excluding hydrogens is 258 g/mol. The molecule has 112 valence electrons. The molecule has 1 heterocycles. The van der Waals surface area contributed by atoms with E-state index in [1.165, 1.54) is 6.08 Å². The van der Waals surface area contributed by atoms with Gasteiger partial charge in [0.05, 0.1) is 6.54 Å². The van der Waals surface area contributed by atoms with Crippen LogP contribution in [0.1, 0.15) is 39.5 Å². The molecule has 1 aromatic heterocycles. The van der Waals surface area contributed by atoms with Gasteiger partial charge in [0, 0.05) is 13.1 Å². The maximum absolute atomic E-state index is 12.3. The first-order chi connectivity index (χ1) is 9.58. The van der Waals surface area contributed by atoms with Crippen molar-refractivity contribution in [3.63, 3.8) is 0 Å². The number of nitrogens with zero attached hydrogens (tertiary/aromatic N) is 3. The Balaban J connectivity index is 3.47. The van der Waals surface area contributed by atoms with Crippen LogP contribution in [0.4, 0.5) is 0 Å². The van der Waals surface area contributed by atoms with E-state index >= 15 is 0 Å². The maximum atomic E-state index is 12.3. The number of hydrogen-bond acceptors (Lipinski definition) is 3. The number of rotatable bonds is 8. The van der Waals surface area contributed by atoms with Crippen molar-refractivity contribution in [3.05, 3.63) is 44.1 Å². The smallest absolute Gasteiger partial charge is 0.247 e. The Morgan fingerprint density at radius 1 is 0.850 bits per heavy atom. The summed E-state index contributed by atoms with van der Waals surface area (Å²) in [7, 11) is 0. The Labute approximate surface area is 118 Å². The fourth-order valence-electron chi connectivity index (χ4n) is 1.98. The van der Waals surface area contributed by atoms with Gasteiger partial charge in [0.2, 0.25) is 0 Å². The topological polar surface area (TPSA) is 66.0 Å². The Hall–Kier alpha value is -1.85. The summed E-state index contributed by atoms with van der Waals surface area (Å²) in [4.78, 5) is 36.7. The molecule has 0 aromatic carbocycles. The molecule has 20 heavy (non-hydrogen) atoms. The van der Waals surface area contributed by atoms with Crippen LogP contribution in [0.3, 0.4) is 0 Å². The molecule has 1 rings (SSSR count). The van der Waals surface area contributed by atoms with E-state index in [0.717, 1.165) is 39.4 Å². The predicted octanol–water partition coefficient (Wildman–Crippen LogP) is 0.958. The molecule has 6 nitrogen and oxygen atoms in total. The van der Waals surface area contributed by atoms with Gasteiger partial charge in [0.1, 0.15) is 0 Å². The third-order valence-corrected chi connectivity index (χ3v) is 3.17. The van der Waals surface area contributed by atoms with E-state index in [1.54, 1.807) is 0 Å². The van der Waals surface area contributed by atoms with Crippen molar-refractivity contribution < 1.29 is 0 Å². The summed E-state index contributed by atoms with van der Waals surface area (Å²) in [6.45, 7) is 8.33. The fourth-order valence-corrected chi connectivity index (χ4v) is 1.98. The third-order valence-electron chi connectivity index (χ3n) is 3.17. The molecule has 0 N–H and O–H groups in total. The van der Waals surface area contributed by atoms with Crippen molar-refractivity contribution in [2.75, 3.05) is 0 Å².